The highest BCUT2D eigenvalue weighted by molar-refractivity contribution is 6.07. The maximum Gasteiger partial charge on any atom is 0.313 e. The van der Waals surface area contributed by atoms with Crippen LogP contribution in [-0.4, -0.2) is 31.0 Å². The summed E-state index contributed by atoms with van der Waals surface area (Å²) in [5.41, 5.74) is 1.06. The Balaban J connectivity index is 2.37. The van der Waals surface area contributed by atoms with Crippen LogP contribution >= 0.6 is 0 Å². The number of nitrogens with zero attached hydrogens (tertiary/aromatic N) is 1. The maximum atomic E-state index is 11.8. The van der Waals surface area contributed by atoms with Crippen LogP contribution in [0.25, 0.3) is 10.9 Å². The average Bonchev–Trinajstić information content (AvgIpc) is 2.45. The second-order valence-corrected chi connectivity index (χ2v) is 3.93. The van der Waals surface area contributed by atoms with Gasteiger partial charge in [0.05, 0.1) is 14.2 Å². The van der Waals surface area contributed by atoms with Gasteiger partial charge in [0.15, 0.2) is 5.78 Å². The number of carbonyl (C=O) groups is 2. The molecule has 1 aromatic heterocycles. The number of rotatable bonds is 4. The van der Waals surface area contributed by atoms with E-state index in [2.05, 4.69) is 9.72 Å². The van der Waals surface area contributed by atoms with Crippen molar-refractivity contribution >= 4 is 22.7 Å². The van der Waals surface area contributed by atoms with Gasteiger partial charge in [0.1, 0.15) is 17.7 Å². The molecule has 2 rings (SSSR count). The summed E-state index contributed by atoms with van der Waals surface area (Å²) in [6.45, 7) is 0. The van der Waals surface area contributed by atoms with E-state index in [1.54, 1.807) is 19.2 Å². The van der Waals surface area contributed by atoms with Crippen molar-refractivity contribution < 1.29 is 19.1 Å². The lowest BCUT2D eigenvalue weighted by Crippen LogP contribution is -2.09. The van der Waals surface area contributed by atoms with E-state index in [1.165, 1.54) is 13.3 Å². The standard InChI is InChI=1S/C14H13NO4/c1-18-12-5-3-4-9-6-10(8-15-14(9)12)11(16)7-13(17)19-2/h3-6,8H,7H2,1-2H3. The van der Waals surface area contributed by atoms with E-state index in [4.69, 9.17) is 4.74 Å². The van der Waals surface area contributed by atoms with Crippen molar-refractivity contribution in [1.29, 1.82) is 0 Å². The van der Waals surface area contributed by atoms with Gasteiger partial charge in [0.2, 0.25) is 0 Å². The number of ketones is 1. The molecule has 0 aliphatic carbocycles. The second-order valence-electron chi connectivity index (χ2n) is 3.93. The van der Waals surface area contributed by atoms with Gasteiger partial charge in [-0.05, 0) is 12.1 Å². The zero-order chi connectivity index (χ0) is 13.8. The van der Waals surface area contributed by atoms with Crippen LogP contribution in [0.2, 0.25) is 0 Å². The molecule has 1 heterocycles. The number of fused-ring (bicyclic) bond motifs is 1. The van der Waals surface area contributed by atoms with Gasteiger partial charge in [-0.2, -0.15) is 0 Å². The number of ether oxygens (including phenoxy) is 2. The van der Waals surface area contributed by atoms with Crippen LogP contribution in [0.3, 0.4) is 0 Å². The van der Waals surface area contributed by atoms with Crippen molar-refractivity contribution in [3.63, 3.8) is 0 Å². The van der Waals surface area contributed by atoms with Gasteiger partial charge in [-0.25, -0.2) is 0 Å². The SMILES string of the molecule is COC(=O)CC(=O)c1cnc2c(OC)cccc2c1. The third kappa shape index (κ3) is 2.70. The van der Waals surface area contributed by atoms with E-state index in [-0.39, 0.29) is 12.2 Å². The molecule has 0 unspecified atom stereocenters. The number of pyridine rings is 1. The van der Waals surface area contributed by atoms with Crippen LogP contribution in [0.15, 0.2) is 30.5 Å². The molecule has 5 nitrogen and oxygen atoms in total. The first-order valence-corrected chi connectivity index (χ1v) is 5.68. The highest BCUT2D eigenvalue weighted by Crippen LogP contribution is 2.24. The van der Waals surface area contributed by atoms with E-state index in [0.717, 1.165) is 5.39 Å². The minimum atomic E-state index is -0.560. The van der Waals surface area contributed by atoms with Crippen molar-refractivity contribution in [2.24, 2.45) is 0 Å². The summed E-state index contributed by atoms with van der Waals surface area (Å²) in [5.74, 6) is -0.232. The molecule has 0 N–H and O–H groups in total. The maximum absolute atomic E-state index is 11.8. The van der Waals surface area contributed by atoms with Crippen LogP contribution in [0, 0.1) is 0 Å². The average molecular weight is 259 g/mol. The lowest BCUT2D eigenvalue weighted by Gasteiger charge is -2.05. The molecular formula is C14H13NO4. The molecule has 1 aromatic carbocycles. The van der Waals surface area contributed by atoms with Gasteiger partial charge >= 0.3 is 5.97 Å². The fourth-order valence-corrected chi connectivity index (χ4v) is 1.76. The monoisotopic (exact) mass is 259 g/mol. The molecule has 2 aromatic rings. The number of esters is 1. The Morgan fingerprint density at radius 3 is 2.74 bits per heavy atom. The fraction of sp³-hybridized carbons (Fsp3) is 0.214. The Kier molecular flexibility index (Phi) is 3.75. The molecule has 0 radical (unpaired) electrons. The number of carbonyl (C=O) groups excluding carboxylic acids is 2. The summed E-state index contributed by atoms with van der Waals surface area (Å²) < 4.78 is 9.65. The molecule has 19 heavy (non-hydrogen) atoms. The molecule has 98 valence electrons. The molecule has 0 saturated carbocycles. The third-order valence-corrected chi connectivity index (χ3v) is 2.75. The summed E-state index contributed by atoms with van der Waals surface area (Å²) in [6, 6.07) is 7.14. The minimum Gasteiger partial charge on any atom is -0.494 e. The van der Waals surface area contributed by atoms with E-state index in [1.807, 2.05) is 12.1 Å². The van der Waals surface area contributed by atoms with E-state index in [9.17, 15) is 9.59 Å². The lowest BCUT2D eigenvalue weighted by atomic mass is 10.1. The molecule has 5 heteroatoms. The number of aromatic nitrogens is 1. The molecule has 0 saturated heterocycles. The highest BCUT2D eigenvalue weighted by Gasteiger charge is 2.13. The number of benzene rings is 1. The van der Waals surface area contributed by atoms with E-state index >= 15 is 0 Å². The van der Waals surface area contributed by atoms with Gasteiger partial charge < -0.3 is 9.47 Å². The molecule has 0 spiro atoms. The van der Waals surface area contributed by atoms with E-state index in [0.29, 0.717) is 16.8 Å². The van der Waals surface area contributed by atoms with Crippen molar-refractivity contribution in [3.8, 4) is 5.75 Å². The van der Waals surface area contributed by atoms with Gasteiger partial charge in [-0.3, -0.25) is 14.6 Å². The van der Waals surface area contributed by atoms with Gasteiger partial charge in [-0.15, -0.1) is 0 Å². The normalized spacial score (nSPS) is 10.2. The molecule has 0 fully saturated rings. The Hall–Kier alpha value is -2.43. The number of hydrogen-bond acceptors (Lipinski definition) is 5. The van der Waals surface area contributed by atoms with E-state index < -0.39 is 5.97 Å². The first kappa shape index (κ1) is 13.0. The van der Waals surface area contributed by atoms with Crippen molar-refractivity contribution in [3.05, 3.63) is 36.0 Å². The predicted octanol–water partition coefficient (Wildman–Crippen LogP) is 1.99. The quantitative estimate of drug-likeness (QED) is 0.477. The number of hydrogen-bond donors (Lipinski definition) is 0. The molecule has 0 aliphatic rings. The Bertz CT molecular complexity index is 636. The van der Waals surface area contributed by atoms with Crippen LogP contribution in [0.4, 0.5) is 0 Å². The molecule has 0 amide bonds. The van der Waals surface area contributed by atoms with Crippen LogP contribution in [0.5, 0.6) is 5.75 Å². The molecular weight excluding hydrogens is 246 g/mol. The summed E-state index contributed by atoms with van der Waals surface area (Å²) in [5, 5.41) is 0.787. The topological polar surface area (TPSA) is 65.5 Å². The molecule has 0 atom stereocenters. The third-order valence-electron chi connectivity index (χ3n) is 2.75. The van der Waals surface area contributed by atoms with Crippen molar-refractivity contribution in [2.45, 2.75) is 6.42 Å². The zero-order valence-corrected chi connectivity index (χ0v) is 10.7. The number of para-hydroxylation sites is 1. The lowest BCUT2D eigenvalue weighted by molar-refractivity contribution is -0.139. The second kappa shape index (κ2) is 5.48. The Labute approximate surface area is 110 Å². The summed E-state index contributed by atoms with van der Waals surface area (Å²) >= 11 is 0. The van der Waals surface area contributed by atoms with Crippen molar-refractivity contribution in [2.75, 3.05) is 14.2 Å². The minimum absolute atomic E-state index is 0.284. The fourth-order valence-electron chi connectivity index (χ4n) is 1.76. The zero-order valence-electron chi connectivity index (χ0n) is 10.7. The smallest absolute Gasteiger partial charge is 0.313 e. The number of Topliss-reactive ketones (excluding diaryl/α,β-unsaturated/α-hetero) is 1. The van der Waals surface area contributed by atoms with Crippen LogP contribution < -0.4 is 4.74 Å². The summed E-state index contributed by atoms with van der Waals surface area (Å²) in [6.07, 6.45) is 1.16. The largest absolute Gasteiger partial charge is 0.494 e. The first-order valence-electron chi connectivity index (χ1n) is 5.68. The Morgan fingerprint density at radius 1 is 1.26 bits per heavy atom. The summed E-state index contributed by atoms with van der Waals surface area (Å²) in [7, 11) is 2.81. The van der Waals surface area contributed by atoms with Crippen LogP contribution in [0.1, 0.15) is 16.8 Å². The predicted molar refractivity (Wildman–Crippen MR) is 69.3 cm³/mol. The van der Waals surface area contributed by atoms with Crippen molar-refractivity contribution in [1.82, 2.24) is 4.98 Å². The van der Waals surface area contributed by atoms with Gasteiger partial charge in [0, 0.05) is 17.1 Å². The molecule has 0 aliphatic heterocycles. The highest BCUT2D eigenvalue weighted by atomic mass is 16.5. The first-order chi connectivity index (χ1) is 9.15. The Morgan fingerprint density at radius 2 is 2.05 bits per heavy atom. The number of methoxy groups -OCH3 is 2. The summed E-state index contributed by atoms with van der Waals surface area (Å²) in [4.78, 5) is 27.1. The molecule has 0 bridgehead atoms. The van der Waals surface area contributed by atoms with Gasteiger partial charge in [-0.1, -0.05) is 12.1 Å². The van der Waals surface area contributed by atoms with Gasteiger partial charge in [0.25, 0.3) is 0 Å². The van der Waals surface area contributed by atoms with Crippen LogP contribution in [-0.2, 0) is 9.53 Å².